The predicted octanol–water partition coefficient (Wildman–Crippen LogP) is -0.338. The number of hydrogen-bond donors (Lipinski definition) is 3. The molecule has 1 saturated carbocycles. The van der Waals surface area contributed by atoms with Gasteiger partial charge in [0.2, 0.25) is 5.91 Å². The van der Waals surface area contributed by atoms with Crippen LogP contribution in [0.2, 0.25) is 0 Å². The summed E-state index contributed by atoms with van der Waals surface area (Å²) in [6.45, 7) is 0.581. The first-order chi connectivity index (χ1) is 6.29. The Kier molecular flexibility index (Phi) is 2.08. The molecule has 2 aliphatic rings. The molecule has 1 atom stereocenters. The number of nitrogens with one attached hydrogen (secondary N) is 2. The first kappa shape index (κ1) is 8.34. The van der Waals surface area contributed by atoms with Gasteiger partial charge in [0.25, 0.3) is 0 Å². The quantitative estimate of drug-likeness (QED) is 0.237. The molecule has 0 spiro atoms. The molecule has 5 heteroatoms. The molecule has 1 amide bonds. The molecule has 0 aromatic carbocycles. The van der Waals surface area contributed by atoms with Crippen molar-refractivity contribution in [1.29, 1.82) is 0 Å². The summed E-state index contributed by atoms with van der Waals surface area (Å²) in [6, 6.07) is 0.460. The van der Waals surface area contributed by atoms with E-state index in [9.17, 15) is 4.79 Å². The topological polar surface area (TPSA) is 73.7 Å². The minimum atomic E-state index is 0.0260. The second-order valence-corrected chi connectivity index (χ2v) is 3.61. The molecule has 1 saturated heterocycles. The maximum atomic E-state index is 10.9. The van der Waals surface area contributed by atoms with E-state index in [2.05, 4.69) is 15.8 Å². The summed E-state index contributed by atoms with van der Waals surface area (Å²) < 4.78 is 0. The lowest BCUT2D eigenvalue weighted by molar-refractivity contribution is -0.119. The standard InChI is InChI=1S/C8H13N3O2/c12-7-3-5(4-9-7)8(11-13)10-6-1-2-6/h5-6,13H,1-4H2,(H,9,12)(H,10,11). The molecule has 0 radical (unpaired) electrons. The SMILES string of the molecule is O=C1CC(C(=NO)NC2CC2)CN1. The molecule has 3 N–H and O–H groups in total. The summed E-state index contributed by atoms with van der Waals surface area (Å²) in [5.74, 6) is 0.614. The molecule has 1 unspecified atom stereocenters. The zero-order chi connectivity index (χ0) is 9.26. The van der Waals surface area contributed by atoms with Crippen molar-refractivity contribution in [3.63, 3.8) is 0 Å². The molecule has 2 fully saturated rings. The largest absolute Gasteiger partial charge is 0.409 e. The maximum Gasteiger partial charge on any atom is 0.220 e. The van der Waals surface area contributed by atoms with Gasteiger partial charge in [-0.05, 0) is 12.8 Å². The lowest BCUT2D eigenvalue weighted by Crippen LogP contribution is -2.33. The van der Waals surface area contributed by atoms with Crippen LogP contribution in [0.1, 0.15) is 19.3 Å². The normalized spacial score (nSPS) is 28.8. The molecular weight excluding hydrogens is 170 g/mol. The van der Waals surface area contributed by atoms with Crippen molar-refractivity contribution in [3.05, 3.63) is 0 Å². The molecule has 5 nitrogen and oxygen atoms in total. The fourth-order valence-electron chi connectivity index (χ4n) is 1.46. The molecule has 0 aromatic heterocycles. The van der Waals surface area contributed by atoms with Crippen LogP contribution in [-0.2, 0) is 4.79 Å². The van der Waals surface area contributed by atoms with E-state index in [4.69, 9.17) is 5.21 Å². The van der Waals surface area contributed by atoms with E-state index in [-0.39, 0.29) is 11.8 Å². The first-order valence-electron chi connectivity index (χ1n) is 4.55. The number of oxime groups is 1. The second-order valence-electron chi connectivity index (χ2n) is 3.61. The number of rotatable bonds is 2. The smallest absolute Gasteiger partial charge is 0.220 e. The number of carbonyl (C=O) groups is 1. The van der Waals surface area contributed by atoms with Gasteiger partial charge in [-0.1, -0.05) is 5.16 Å². The van der Waals surface area contributed by atoms with Crippen LogP contribution in [0.15, 0.2) is 5.16 Å². The fourth-order valence-corrected chi connectivity index (χ4v) is 1.46. The number of amidine groups is 1. The van der Waals surface area contributed by atoms with Crippen LogP contribution in [0.25, 0.3) is 0 Å². The van der Waals surface area contributed by atoms with Gasteiger partial charge in [0.05, 0.1) is 0 Å². The van der Waals surface area contributed by atoms with E-state index < -0.39 is 0 Å². The highest BCUT2D eigenvalue weighted by Gasteiger charge is 2.30. The van der Waals surface area contributed by atoms with Crippen molar-refractivity contribution >= 4 is 11.7 Å². The van der Waals surface area contributed by atoms with E-state index in [1.807, 2.05) is 0 Å². The lowest BCUT2D eigenvalue weighted by atomic mass is 10.1. The van der Waals surface area contributed by atoms with Gasteiger partial charge in [-0.3, -0.25) is 4.79 Å². The minimum absolute atomic E-state index is 0.0260. The first-order valence-corrected chi connectivity index (χ1v) is 4.55. The summed E-state index contributed by atoms with van der Waals surface area (Å²) >= 11 is 0. The van der Waals surface area contributed by atoms with Gasteiger partial charge in [-0.25, -0.2) is 0 Å². The van der Waals surface area contributed by atoms with Gasteiger partial charge in [-0.15, -0.1) is 0 Å². The number of carbonyl (C=O) groups excluding carboxylic acids is 1. The van der Waals surface area contributed by atoms with Gasteiger partial charge < -0.3 is 15.8 Å². The van der Waals surface area contributed by atoms with Gasteiger partial charge in [0.15, 0.2) is 0 Å². The molecule has 0 aromatic rings. The van der Waals surface area contributed by atoms with Crippen molar-refractivity contribution in [2.75, 3.05) is 6.54 Å². The Hall–Kier alpha value is -1.26. The lowest BCUT2D eigenvalue weighted by Gasteiger charge is -2.11. The summed E-state index contributed by atoms with van der Waals surface area (Å²) in [7, 11) is 0. The average Bonchev–Trinajstić information content (AvgIpc) is 2.84. The van der Waals surface area contributed by atoms with E-state index in [1.54, 1.807) is 0 Å². The predicted molar refractivity (Wildman–Crippen MR) is 46.5 cm³/mol. The van der Waals surface area contributed by atoms with E-state index in [0.717, 1.165) is 12.8 Å². The molecule has 13 heavy (non-hydrogen) atoms. The Bertz CT molecular complexity index is 248. The van der Waals surface area contributed by atoms with Crippen molar-refractivity contribution in [2.24, 2.45) is 11.1 Å². The zero-order valence-electron chi connectivity index (χ0n) is 7.29. The number of amides is 1. The maximum absolute atomic E-state index is 10.9. The van der Waals surface area contributed by atoms with Crippen LogP contribution < -0.4 is 10.6 Å². The Morgan fingerprint density at radius 2 is 2.38 bits per heavy atom. The number of hydrogen-bond acceptors (Lipinski definition) is 3. The average molecular weight is 183 g/mol. The Labute approximate surface area is 76.2 Å². The van der Waals surface area contributed by atoms with Crippen molar-refractivity contribution in [2.45, 2.75) is 25.3 Å². The molecule has 1 aliphatic carbocycles. The highest BCUT2D eigenvalue weighted by atomic mass is 16.4. The molecule has 2 rings (SSSR count). The van der Waals surface area contributed by atoms with Crippen LogP contribution in [-0.4, -0.2) is 29.5 Å². The third-order valence-corrected chi connectivity index (χ3v) is 2.40. The third kappa shape index (κ3) is 1.91. The van der Waals surface area contributed by atoms with Gasteiger partial charge in [0.1, 0.15) is 5.84 Å². The summed E-state index contributed by atoms with van der Waals surface area (Å²) in [6.07, 6.45) is 2.69. The van der Waals surface area contributed by atoms with Crippen LogP contribution in [0.5, 0.6) is 0 Å². The summed E-state index contributed by atoms with van der Waals surface area (Å²) in [4.78, 5) is 10.9. The third-order valence-electron chi connectivity index (χ3n) is 2.40. The second kappa shape index (κ2) is 3.24. The van der Waals surface area contributed by atoms with Crippen molar-refractivity contribution in [3.8, 4) is 0 Å². The Balaban J connectivity index is 1.91. The highest BCUT2D eigenvalue weighted by Crippen LogP contribution is 2.20. The van der Waals surface area contributed by atoms with Gasteiger partial charge in [0, 0.05) is 24.9 Å². The van der Waals surface area contributed by atoms with E-state index in [1.165, 1.54) is 0 Å². The number of nitrogens with zero attached hydrogens (tertiary/aromatic N) is 1. The van der Waals surface area contributed by atoms with Crippen LogP contribution in [0.4, 0.5) is 0 Å². The van der Waals surface area contributed by atoms with Crippen molar-refractivity contribution in [1.82, 2.24) is 10.6 Å². The highest BCUT2D eigenvalue weighted by molar-refractivity contribution is 5.92. The van der Waals surface area contributed by atoms with Crippen molar-refractivity contribution < 1.29 is 10.0 Å². The molecule has 1 heterocycles. The monoisotopic (exact) mass is 183 g/mol. The van der Waals surface area contributed by atoms with Crippen LogP contribution in [0.3, 0.4) is 0 Å². The molecule has 0 bridgehead atoms. The van der Waals surface area contributed by atoms with Gasteiger partial charge >= 0.3 is 0 Å². The van der Waals surface area contributed by atoms with E-state index >= 15 is 0 Å². The molecule has 1 aliphatic heterocycles. The van der Waals surface area contributed by atoms with E-state index in [0.29, 0.717) is 24.8 Å². The molecule has 72 valence electrons. The Morgan fingerprint density at radius 3 is 2.85 bits per heavy atom. The zero-order valence-corrected chi connectivity index (χ0v) is 7.29. The summed E-state index contributed by atoms with van der Waals surface area (Å²) in [5, 5.41) is 17.8. The van der Waals surface area contributed by atoms with Gasteiger partial charge in [-0.2, -0.15) is 0 Å². The summed E-state index contributed by atoms with van der Waals surface area (Å²) in [5.41, 5.74) is 0. The van der Waals surface area contributed by atoms with Crippen LogP contribution >= 0.6 is 0 Å². The molecular formula is C8H13N3O2. The Morgan fingerprint density at radius 1 is 1.62 bits per heavy atom. The van der Waals surface area contributed by atoms with Crippen LogP contribution in [0, 0.1) is 5.92 Å². The fraction of sp³-hybridized carbons (Fsp3) is 0.750. The minimum Gasteiger partial charge on any atom is -0.409 e.